The van der Waals surface area contributed by atoms with Gasteiger partial charge in [0, 0.05) is 12.1 Å². The topological polar surface area (TPSA) is 65.8 Å². The second-order valence-electron chi connectivity index (χ2n) is 4.87. The van der Waals surface area contributed by atoms with E-state index in [9.17, 15) is 10.0 Å². The van der Waals surface area contributed by atoms with Crippen molar-refractivity contribution in [3.05, 3.63) is 45.9 Å². The molecule has 5 nitrogen and oxygen atoms in total. The second kappa shape index (κ2) is 5.65. The number of thiazole rings is 1. The van der Waals surface area contributed by atoms with Crippen LogP contribution in [0.2, 0.25) is 0 Å². The van der Waals surface area contributed by atoms with Crippen molar-refractivity contribution < 1.29 is 10.0 Å². The summed E-state index contributed by atoms with van der Waals surface area (Å²) < 4.78 is 0. The van der Waals surface area contributed by atoms with Crippen LogP contribution in [0.1, 0.15) is 33.1 Å². The summed E-state index contributed by atoms with van der Waals surface area (Å²) in [5.41, 5.74) is 2.23. The van der Waals surface area contributed by atoms with Crippen LogP contribution in [0.3, 0.4) is 0 Å². The molecule has 0 bridgehead atoms. The molecule has 3 rings (SSSR count). The van der Waals surface area contributed by atoms with Crippen LogP contribution in [0.25, 0.3) is 0 Å². The Kier molecular flexibility index (Phi) is 3.70. The smallest absolute Gasteiger partial charge is 0.270 e. The Bertz CT molecular complexity index is 708. The molecule has 1 N–H and O–H groups in total. The molecule has 0 unspecified atom stereocenters. The maximum Gasteiger partial charge on any atom is 0.270 e. The van der Waals surface area contributed by atoms with Crippen molar-refractivity contribution in [3.8, 4) is 0 Å². The number of hydrogen-bond donors (Lipinski definition) is 1. The minimum absolute atomic E-state index is 0.0489. The predicted octanol–water partition coefficient (Wildman–Crippen LogP) is 3.07. The van der Waals surface area contributed by atoms with Gasteiger partial charge in [-0.15, -0.1) is 11.3 Å². The van der Waals surface area contributed by atoms with Crippen LogP contribution in [0.5, 0.6) is 0 Å². The lowest BCUT2D eigenvalue weighted by Crippen LogP contribution is -2.31. The van der Waals surface area contributed by atoms with E-state index in [1.54, 1.807) is 11.1 Å². The van der Waals surface area contributed by atoms with E-state index in [0.717, 1.165) is 22.7 Å². The van der Waals surface area contributed by atoms with E-state index >= 15 is 0 Å². The first-order chi connectivity index (χ1) is 10.2. The van der Waals surface area contributed by atoms with Gasteiger partial charge in [0.1, 0.15) is 4.88 Å². The van der Waals surface area contributed by atoms with E-state index in [2.05, 4.69) is 10.1 Å². The van der Waals surface area contributed by atoms with Crippen LogP contribution in [0.15, 0.2) is 35.6 Å². The third-order valence-electron chi connectivity index (χ3n) is 3.50. The summed E-state index contributed by atoms with van der Waals surface area (Å²) in [7, 11) is 0. The largest absolute Gasteiger partial charge is 0.411 e. The molecule has 0 radical (unpaired) electrons. The maximum atomic E-state index is 12.7. The molecule has 0 fully saturated rings. The minimum Gasteiger partial charge on any atom is -0.411 e. The zero-order valence-electron chi connectivity index (χ0n) is 11.6. The van der Waals surface area contributed by atoms with Crippen LogP contribution < -0.4 is 4.90 Å². The van der Waals surface area contributed by atoms with Crippen LogP contribution in [0, 0.1) is 6.92 Å². The average Bonchev–Trinajstić information content (AvgIpc) is 2.84. The maximum absolute atomic E-state index is 12.7. The van der Waals surface area contributed by atoms with Gasteiger partial charge >= 0.3 is 0 Å². The lowest BCUT2D eigenvalue weighted by molar-refractivity contribution is 0.0990. The first-order valence-electron chi connectivity index (χ1n) is 6.75. The van der Waals surface area contributed by atoms with Crippen LogP contribution in [-0.2, 0) is 0 Å². The fraction of sp³-hybridized carbons (Fsp3) is 0.267. The molecular formula is C15H15N3O2S. The molecule has 21 heavy (non-hydrogen) atoms. The number of hydrogen-bond acceptors (Lipinski definition) is 5. The number of aromatic nitrogens is 1. The lowest BCUT2D eigenvalue weighted by atomic mass is 10.1. The average molecular weight is 301 g/mol. The molecule has 0 saturated carbocycles. The number of carbonyl (C=O) groups excluding carboxylic acids is 1. The molecule has 2 aromatic rings. The van der Waals surface area contributed by atoms with E-state index in [1.807, 2.05) is 31.2 Å². The molecule has 1 aliphatic heterocycles. The molecule has 0 aliphatic carbocycles. The molecule has 1 aromatic heterocycles. The van der Waals surface area contributed by atoms with Crippen molar-refractivity contribution in [2.75, 3.05) is 11.4 Å². The summed E-state index contributed by atoms with van der Waals surface area (Å²) in [4.78, 5) is 19.2. The van der Waals surface area contributed by atoms with Gasteiger partial charge in [-0.05, 0) is 25.8 Å². The third-order valence-corrected chi connectivity index (χ3v) is 4.40. The Labute approximate surface area is 126 Å². The summed E-state index contributed by atoms with van der Waals surface area (Å²) in [6.07, 6.45) is 3.04. The first kappa shape index (κ1) is 13.8. The number of anilines is 1. The van der Waals surface area contributed by atoms with Crippen molar-refractivity contribution in [3.63, 3.8) is 0 Å². The van der Waals surface area contributed by atoms with Gasteiger partial charge in [-0.1, -0.05) is 23.4 Å². The Morgan fingerprint density at radius 2 is 2.24 bits per heavy atom. The minimum atomic E-state index is -0.0489. The Morgan fingerprint density at radius 1 is 1.43 bits per heavy atom. The van der Waals surface area contributed by atoms with E-state index < -0.39 is 0 Å². The normalized spacial score (nSPS) is 16.6. The van der Waals surface area contributed by atoms with Gasteiger partial charge in [-0.25, -0.2) is 4.98 Å². The van der Waals surface area contributed by atoms with Crippen molar-refractivity contribution in [2.45, 2.75) is 19.8 Å². The number of benzene rings is 1. The monoisotopic (exact) mass is 301 g/mol. The Hall–Kier alpha value is -2.21. The molecule has 108 valence electrons. The lowest BCUT2D eigenvalue weighted by Gasteiger charge is -2.21. The van der Waals surface area contributed by atoms with Crippen LogP contribution in [-0.4, -0.2) is 28.4 Å². The van der Waals surface area contributed by atoms with Crippen LogP contribution in [0.4, 0.5) is 5.69 Å². The highest BCUT2D eigenvalue weighted by Crippen LogP contribution is 2.28. The number of para-hydroxylation sites is 1. The Balaban J connectivity index is 2.04. The zero-order valence-corrected chi connectivity index (χ0v) is 12.4. The molecule has 1 amide bonds. The van der Waals surface area contributed by atoms with E-state index in [4.69, 9.17) is 0 Å². The summed E-state index contributed by atoms with van der Waals surface area (Å²) in [6.45, 7) is 2.49. The van der Waals surface area contributed by atoms with E-state index in [0.29, 0.717) is 23.6 Å². The number of oxime groups is 1. The molecule has 0 saturated heterocycles. The summed E-state index contributed by atoms with van der Waals surface area (Å²) in [5, 5.41) is 13.4. The number of amides is 1. The quantitative estimate of drug-likeness (QED) is 0.650. The van der Waals surface area contributed by atoms with Crippen molar-refractivity contribution >= 4 is 28.6 Å². The molecule has 1 aliphatic rings. The van der Waals surface area contributed by atoms with Gasteiger partial charge < -0.3 is 10.1 Å². The molecule has 0 atom stereocenters. The molecule has 0 spiro atoms. The fourth-order valence-corrected chi connectivity index (χ4v) is 3.25. The van der Waals surface area contributed by atoms with Crippen molar-refractivity contribution in [1.29, 1.82) is 0 Å². The molecule has 1 aromatic carbocycles. The SMILES string of the molecule is Cc1ncc(C(=O)N2CCC/C(=N/O)c3ccccc32)s1. The number of aryl methyl sites for hydroxylation is 1. The molecule has 2 heterocycles. The number of rotatable bonds is 1. The highest BCUT2D eigenvalue weighted by atomic mass is 32.1. The van der Waals surface area contributed by atoms with Crippen molar-refractivity contribution in [2.24, 2.45) is 5.16 Å². The van der Waals surface area contributed by atoms with Gasteiger partial charge in [0.25, 0.3) is 5.91 Å². The standard InChI is InChI=1S/C15H15N3O2S/c1-10-16-9-14(21-10)15(19)18-8-4-6-12(17-20)11-5-2-3-7-13(11)18/h2-3,5,7,9,20H,4,6,8H2,1H3/b17-12-. The van der Waals surface area contributed by atoms with Crippen LogP contribution >= 0.6 is 11.3 Å². The van der Waals surface area contributed by atoms with Gasteiger partial charge in [0.2, 0.25) is 0 Å². The fourth-order valence-electron chi connectivity index (χ4n) is 2.52. The van der Waals surface area contributed by atoms with Gasteiger partial charge in [0.05, 0.1) is 22.6 Å². The molecular weight excluding hydrogens is 286 g/mol. The number of fused-ring (bicyclic) bond motifs is 1. The predicted molar refractivity (Wildman–Crippen MR) is 82.5 cm³/mol. The molecule has 6 heteroatoms. The van der Waals surface area contributed by atoms with E-state index in [1.165, 1.54) is 11.3 Å². The zero-order chi connectivity index (χ0) is 14.8. The summed E-state index contributed by atoms with van der Waals surface area (Å²) in [6, 6.07) is 7.54. The summed E-state index contributed by atoms with van der Waals surface area (Å²) in [5.74, 6) is -0.0489. The van der Waals surface area contributed by atoms with Crippen molar-refractivity contribution in [1.82, 2.24) is 4.98 Å². The summed E-state index contributed by atoms with van der Waals surface area (Å²) >= 11 is 1.40. The highest BCUT2D eigenvalue weighted by molar-refractivity contribution is 7.13. The number of carbonyl (C=O) groups is 1. The third kappa shape index (κ3) is 2.54. The Morgan fingerprint density at radius 3 is 2.95 bits per heavy atom. The van der Waals surface area contributed by atoms with Gasteiger partial charge in [0.15, 0.2) is 0 Å². The van der Waals surface area contributed by atoms with Gasteiger partial charge in [-0.2, -0.15) is 0 Å². The second-order valence-corrected chi connectivity index (χ2v) is 6.10. The number of nitrogens with zero attached hydrogens (tertiary/aromatic N) is 3. The van der Waals surface area contributed by atoms with Gasteiger partial charge in [-0.3, -0.25) is 4.79 Å². The highest BCUT2D eigenvalue weighted by Gasteiger charge is 2.26. The van der Waals surface area contributed by atoms with E-state index in [-0.39, 0.29) is 5.91 Å². The first-order valence-corrected chi connectivity index (χ1v) is 7.57.